The van der Waals surface area contributed by atoms with Crippen molar-refractivity contribution in [1.29, 1.82) is 0 Å². The second kappa shape index (κ2) is 6.65. The number of benzene rings is 2. The molecular formula is C19H22O3. The van der Waals surface area contributed by atoms with Crippen LogP contribution in [0.15, 0.2) is 30.3 Å². The van der Waals surface area contributed by atoms with Crippen LogP contribution in [0.4, 0.5) is 0 Å². The first kappa shape index (κ1) is 16.1. The summed E-state index contributed by atoms with van der Waals surface area (Å²) in [7, 11) is 1.63. The molecule has 2 aromatic carbocycles. The van der Waals surface area contributed by atoms with E-state index in [-0.39, 0.29) is 5.78 Å². The average molecular weight is 298 g/mol. The highest BCUT2D eigenvalue weighted by Crippen LogP contribution is 2.38. The third-order valence-corrected chi connectivity index (χ3v) is 3.97. The Bertz CT molecular complexity index is 688. The van der Waals surface area contributed by atoms with E-state index in [0.717, 1.165) is 28.0 Å². The molecule has 2 aromatic rings. The Balaban J connectivity index is 2.47. The second-order valence-corrected chi connectivity index (χ2v) is 5.44. The summed E-state index contributed by atoms with van der Waals surface area (Å²) >= 11 is 0. The minimum absolute atomic E-state index is 0.0121. The summed E-state index contributed by atoms with van der Waals surface area (Å²) < 4.78 is 11.5. The maximum absolute atomic E-state index is 12.1. The molecule has 3 heteroatoms. The Kier molecular flexibility index (Phi) is 4.86. The van der Waals surface area contributed by atoms with E-state index in [2.05, 4.69) is 0 Å². The summed E-state index contributed by atoms with van der Waals surface area (Å²) in [6, 6.07) is 9.93. The first-order valence-electron chi connectivity index (χ1n) is 7.32. The largest absolute Gasteiger partial charge is 0.496 e. The molecule has 0 N–H and O–H groups in total. The van der Waals surface area contributed by atoms with Crippen molar-refractivity contribution in [1.82, 2.24) is 0 Å². The number of methoxy groups -OCH3 is 1. The van der Waals surface area contributed by atoms with Gasteiger partial charge in [0.2, 0.25) is 0 Å². The molecule has 0 atom stereocenters. The van der Waals surface area contributed by atoms with Gasteiger partial charge >= 0.3 is 0 Å². The minimum atomic E-state index is -0.0121. The van der Waals surface area contributed by atoms with Crippen LogP contribution < -0.4 is 9.47 Å². The Morgan fingerprint density at radius 3 is 2.09 bits per heavy atom. The molecule has 0 aliphatic heterocycles. The van der Waals surface area contributed by atoms with Crippen molar-refractivity contribution in [3.63, 3.8) is 0 Å². The Labute approximate surface area is 131 Å². The number of carbonyl (C=O) groups excluding carboxylic acids is 1. The molecule has 0 spiro atoms. The topological polar surface area (TPSA) is 35.5 Å². The van der Waals surface area contributed by atoms with Gasteiger partial charge in [-0.25, -0.2) is 0 Å². The van der Waals surface area contributed by atoms with Crippen LogP contribution in [0.5, 0.6) is 11.5 Å². The number of ether oxygens (including phenoxy) is 2. The lowest BCUT2D eigenvalue weighted by atomic mass is 9.95. The van der Waals surface area contributed by atoms with Gasteiger partial charge in [0, 0.05) is 5.56 Å². The molecule has 0 saturated carbocycles. The highest BCUT2D eigenvalue weighted by molar-refractivity contribution is 5.99. The summed E-state index contributed by atoms with van der Waals surface area (Å²) in [6.45, 7) is 7.85. The van der Waals surface area contributed by atoms with Crippen molar-refractivity contribution < 1.29 is 14.3 Å². The molecule has 0 bridgehead atoms. The van der Waals surface area contributed by atoms with Crippen LogP contribution >= 0.6 is 0 Å². The minimum Gasteiger partial charge on any atom is -0.496 e. The number of hydrogen-bond donors (Lipinski definition) is 0. The Morgan fingerprint density at radius 2 is 1.55 bits per heavy atom. The van der Waals surface area contributed by atoms with Crippen LogP contribution in [0.25, 0.3) is 0 Å². The number of rotatable bonds is 5. The molecule has 0 aliphatic carbocycles. The average Bonchev–Trinajstić information content (AvgIpc) is 2.50. The molecule has 0 heterocycles. The van der Waals surface area contributed by atoms with Gasteiger partial charge in [0.1, 0.15) is 18.1 Å². The molecular weight excluding hydrogens is 276 g/mol. The third kappa shape index (κ3) is 2.98. The fourth-order valence-electron chi connectivity index (χ4n) is 2.73. The normalized spacial score (nSPS) is 10.4. The molecule has 0 fully saturated rings. The van der Waals surface area contributed by atoms with Crippen molar-refractivity contribution in [3.8, 4) is 11.5 Å². The van der Waals surface area contributed by atoms with E-state index >= 15 is 0 Å². The van der Waals surface area contributed by atoms with Crippen LogP contribution in [0.2, 0.25) is 0 Å². The molecule has 0 aliphatic rings. The van der Waals surface area contributed by atoms with Gasteiger partial charge in [-0.3, -0.25) is 4.79 Å². The van der Waals surface area contributed by atoms with Crippen LogP contribution in [-0.4, -0.2) is 12.9 Å². The van der Waals surface area contributed by atoms with E-state index in [1.807, 2.05) is 51.1 Å². The number of ketones is 1. The number of hydrogen-bond acceptors (Lipinski definition) is 3. The zero-order chi connectivity index (χ0) is 16.3. The van der Waals surface area contributed by atoms with Crippen LogP contribution in [0, 0.1) is 20.8 Å². The van der Waals surface area contributed by atoms with Crippen molar-refractivity contribution in [2.45, 2.75) is 34.3 Å². The lowest BCUT2D eigenvalue weighted by Gasteiger charge is -2.20. The smallest absolute Gasteiger partial charge is 0.163 e. The predicted octanol–water partition coefficient (Wildman–Crippen LogP) is 4.40. The van der Waals surface area contributed by atoms with Gasteiger partial charge in [0.25, 0.3) is 0 Å². The first-order chi connectivity index (χ1) is 10.5. The molecule has 0 saturated heterocycles. The number of carbonyl (C=O) groups is 1. The van der Waals surface area contributed by atoms with Gasteiger partial charge in [0.15, 0.2) is 5.78 Å². The summed E-state index contributed by atoms with van der Waals surface area (Å²) in [5.74, 6) is 1.41. The van der Waals surface area contributed by atoms with E-state index in [4.69, 9.17) is 9.47 Å². The molecule has 0 unspecified atom stereocenters. The third-order valence-electron chi connectivity index (χ3n) is 3.97. The predicted molar refractivity (Wildman–Crippen MR) is 88.0 cm³/mol. The standard InChI is InChI=1S/C19H22O3/c1-12-13(2)19(22-11-16-9-7-6-8-10-16)17(15(4)20)14(3)18(12)21-5/h6-10H,11H2,1-5H3. The van der Waals surface area contributed by atoms with Gasteiger partial charge in [-0.2, -0.15) is 0 Å². The van der Waals surface area contributed by atoms with Crippen molar-refractivity contribution in [2.75, 3.05) is 7.11 Å². The molecule has 0 aromatic heterocycles. The van der Waals surface area contributed by atoms with E-state index in [0.29, 0.717) is 17.9 Å². The van der Waals surface area contributed by atoms with E-state index in [1.165, 1.54) is 0 Å². The van der Waals surface area contributed by atoms with E-state index in [9.17, 15) is 4.79 Å². The van der Waals surface area contributed by atoms with Crippen molar-refractivity contribution in [3.05, 3.63) is 58.1 Å². The zero-order valence-corrected chi connectivity index (χ0v) is 13.8. The SMILES string of the molecule is COc1c(C)c(C)c(OCc2ccccc2)c(C(C)=O)c1C. The maximum atomic E-state index is 12.1. The summed E-state index contributed by atoms with van der Waals surface area (Å²) in [5, 5.41) is 0. The monoisotopic (exact) mass is 298 g/mol. The maximum Gasteiger partial charge on any atom is 0.163 e. The molecule has 22 heavy (non-hydrogen) atoms. The highest BCUT2D eigenvalue weighted by atomic mass is 16.5. The van der Waals surface area contributed by atoms with Gasteiger partial charge in [-0.1, -0.05) is 30.3 Å². The Morgan fingerprint density at radius 1 is 0.955 bits per heavy atom. The van der Waals surface area contributed by atoms with E-state index in [1.54, 1.807) is 14.0 Å². The van der Waals surface area contributed by atoms with Crippen LogP contribution in [-0.2, 0) is 6.61 Å². The molecule has 0 amide bonds. The lowest BCUT2D eigenvalue weighted by molar-refractivity contribution is 0.101. The van der Waals surface area contributed by atoms with Crippen LogP contribution in [0.3, 0.4) is 0 Å². The van der Waals surface area contributed by atoms with Gasteiger partial charge in [-0.05, 0) is 44.4 Å². The molecule has 0 radical (unpaired) electrons. The molecule has 3 nitrogen and oxygen atoms in total. The van der Waals surface area contributed by atoms with Gasteiger partial charge < -0.3 is 9.47 Å². The fourth-order valence-corrected chi connectivity index (χ4v) is 2.73. The van der Waals surface area contributed by atoms with Crippen molar-refractivity contribution >= 4 is 5.78 Å². The summed E-state index contributed by atoms with van der Waals surface area (Å²) in [4.78, 5) is 12.1. The Hall–Kier alpha value is -2.29. The summed E-state index contributed by atoms with van der Waals surface area (Å²) in [5.41, 5.74) is 4.47. The quantitative estimate of drug-likeness (QED) is 0.767. The van der Waals surface area contributed by atoms with Gasteiger partial charge in [0.05, 0.1) is 12.7 Å². The van der Waals surface area contributed by atoms with Crippen LogP contribution in [0.1, 0.15) is 39.5 Å². The van der Waals surface area contributed by atoms with E-state index < -0.39 is 0 Å². The number of Topliss-reactive ketones (excluding diaryl/α,β-unsaturated/α-hetero) is 1. The summed E-state index contributed by atoms with van der Waals surface area (Å²) in [6.07, 6.45) is 0. The first-order valence-corrected chi connectivity index (χ1v) is 7.32. The lowest BCUT2D eigenvalue weighted by Crippen LogP contribution is -2.09. The molecule has 116 valence electrons. The highest BCUT2D eigenvalue weighted by Gasteiger charge is 2.21. The second-order valence-electron chi connectivity index (χ2n) is 5.44. The fraction of sp³-hybridized carbons (Fsp3) is 0.316. The zero-order valence-electron chi connectivity index (χ0n) is 13.8. The van der Waals surface area contributed by atoms with Gasteiger partial charge in [-0.15, -0.1) is 0 Å². The molecule has 2 rings (SSSR count). The van der Waals surface area contributed by atoms with Crippen molar-refractivity contribution in [2.24, 2.45) is 0 Å².